The van der Waals surface area contributed by atoms with Crippen LogP contribution in [0.25, 0.3) is 10.8 Å². The average molecular weight is 285 g/mol. The van der Waals surface area contributed by atoms with Gasteiger partial charge in [0.1, 0.15) is 11.5 Å². The second-order valence-corrected chi connectivity index (χ2v) is 4.40. The Labute approximate surface area is 114 Å². The third-order valence-corrected chi connectivity index (χ3v) is 3.25. The van der Waals surface area contributed by atoms with Crippen LogP contribution in [0, 0.1) is 0 Å². The number of esters is 1. The van der Waals surface area contributed by atoms with E-state index in [4.69, 9.17) is 32.7 Å². The van der Waals surface area contributed by atoms with Crippen LogP contribution in [-0.4, -0.2) is 13.1 Å². The molecule has 5 heteroatoms. The normalized spacial score (nSPS) is 10.4. The fourth-order valence-electron chi connectivity index (χ4n) is 1.68. The number of methoxy groups -OCH3 is 1. The lowest BCUT2D eigenvalue weighted by Crippen LogP contribution is -2.01. The fourth-order valence-corrected chi connectivity index (χ4v) is 2.25. The SMILES string of the molecule is COc1ccc2c(Cl)c(OC(C)=O)ccc2c1Cl. The summed E-state index contributed by atoms with van der Waals surface area (Å²) in [6.45, 7) is 1.32. The van der Waals surface area contributed by atoms with E-state index in [1.807, 2.05) is 0 Å². The quantitative estimate of drug-likeness (QED) is 0.616. The van der Waals surface area contributed by atoms with Gasteiger partial charge >= 0.3 is 5.97 Å². The molecule has 0 aromatic heterocycles. The van der Waals surface area contributed by atoms with Gasteiger partial charge in [0, 0.05) is 17.7 Å². The van der Waals surface area contributed by atoms with Crippen molar-refractivity contribution in [2.24, 2.45) is 0 Å². The van der Waals surface area contributed by atoms with Gasteiger partial charge in [0.25, 0.3) is 0 Å². The number of carbonyl (C=O) groups excluding carboxylic acids is 1. The molecule has 0 fully saturated rings. The highest BCUT2D eigenvalue weighted by atomic mass is 35.5. The Morgan fingerprint density at radius 2 is 1.50 bits per heavy atom. The van der Waals surface area contributed by atoms with Crippen molar-refractivity contribution >= 4 is 39.9 Å². The summed E-state index contributed by atoms with van der Waals surface area (Å²) < 4.78 is 10.1. The number of hydrogen-bond acceptors (Lipinski definition) is 3. The zero-order chi connectivity index (χ0) is 13.3. The standard InChI is InChI=1S/C13H10Cl2O3/c1-7(16)18-11-6-4-8-9(13(11)15)3-5-10(17-2)12(8)14/h3-6H,1-2H3. The lowest BCUT2D eigenvalue weighted by Gasteiger charge is -2.10. The van der Waals surface area contributed by atoms with E-state index in [9.17, 15) is 4.79 Å². The van der Waals surface area contributed by atoms with Gasteiger partial charge in [0.05, 0.1) is 17.2 Å². The Bertz CT molecular complexity index is 623. The molecule has 2 rings (SSSR count). The minimum absolute atomic E-state index is 0.318. The summed E-state index contributed by atoms with van der Waals surface area (Å²) >= 11 is 12.4. The highest BCUT2D eigenvalue weighted by molar-refractivity contribution is 6.41. The molecule has 0 aliphatic rings. The number of fused-ring (bicyclic) bond motifs is 1. The van der Waals surface area contributed by atoms with E-state index in [2.05, 4.69) is 0 Å². The van der Waals surface area contributed by atoms with Crippen LogP contribution >= 0.6 is 23.2 Å². The van der Waals surface area contributed by atoms with Gasteiger partial charge in [-0.25, -0.2) is 0 Å². The topological polar surface area (TPSA) is 35.5 Å². The lowest BCUT2D eigenvalue weighted by atomic mass is 10.1. The van der Waals surface area contributed by atoms with Gasteiger partial charge in [-0.3, -0.25) is 4.79 Å². The molecule has 0 saturated heterocycles. The Morgan fingerprint density at radius 1 is 1.00 bits per heavy atom. The highest BCUT2D eigenvalue weighted by Crippen LogP contribution is 2.39. The minimum atomic E-state index is -0.421. The number of hydrogen-bond donors (Lipinski definition) is 0. The van der Waals surface area contributed by atoms with Crippen LogP contribution in [-0.2, 0) is 4.79 Å². The van der Waals surface area contributed by atoms with Gasteiger partial charge in [-0.2, -0.15) is 0 Å². The zero-order valence-electron chi connectivity index (χ0n) is 9.79. The lowest BCUT2D eigenvalue weighted by molar-refractivity contribution is -0.131. The fraction of sp³-hybridized carbons (Fsp3) is 0.154. The van der Waals surface area contributed by atoms with E-state index in [0.717, 1.165) is 5.39 Å². The van der Waals surface area contributed by atoms with Crippen molar-refractivity contribution in [2.75, 3.05) is 7.11 Å². The number of rotatable bonds is 2. The largest absolute Gasteiger partial charge is 0.495 e. The third-order valence-electron chi connectivity index (χ3n) is 2.47. The van der Waals surface area contributed by atoms with E-state index in [1.165, 1.54) is 6.92 Å². The zero-order valence-corrected chi connectivity index (χ0v) is 11.3. The van der Waals surface area contributed by atoms with Crippen molar-refractivity contribution in [1.29, 1.82) is 0 Å². The van der Waals surface area contributed by atoms with Gasteiger partial charge in [-0.05, 0) is 24.3 Å². The second-order valence-electron chi connectivity index (χ2n) is 3.65. The van der Waals surface area contributed by atoms with Crippen LogP contribution in [0.1, 0.15) is 6.92 Å². The molecule has 0 spiro atoms. The Kier molecular flexibility index (Phi) is 3.64. The van der Waals surface area contributed by atoms with Crippen LogP contribution in [0.2, 0.25) is 10.0 Å². The maximum atomic E-state index is 10.9. The summed E-state index contributed by atoms with van der Waals surface area (Å²) in [5.74, 6) is 0.467. The molecule has 2 aromatic carbocycles. The molecule has 18 heavy (non-hydrogen) atoms. The van der Waals surface area contributed by atoms with E-state index >= 15 is 0 Å². The van der Waals surface area contributed by atoms with Gasteiger partial charge < -0.3 is 9.47 Å². The highest BCUT2D eigenvalue weighted by Gasteiger charge is 2.13. The molecule has 2 aromatic rings. The van der Waals surface area contributed by atoms with Gasteiger partial charge in [0.2, 0.25) is 0 Å². The Morgan fingerprint density at radius 3 is 2.00 bits per heavy atom. The predicted molar refractivity (Wildman–Crippen MR) is 71.8 cm³/mol. The molecule has 0 heterocycles. The molecule has 0 atom stereocenters. The first-order valence-corrected chi connectivity index (χ1v) is 5.93. The maximum absolute atomic E-state index is 10.9. The molecule has 0 bridgehead atoms. The number of benzene rings is 2. The van der Waals surface area contributed by atoms with E-state index in [0.29, 0.717) is 26.9 Å². The summed E-state index contributed by atoms with van der Waals surface area (Å²) in [4.78, 5) is 10.9. The molecular formula is C13H10Cl2O3. The first kappa shape index (κ1) is 13.0. The molecule has 0 saturated carbocycles. The number of halogens is 2. The Hall–Kier alpha value is -1.45. The summed E-state index contributed by atoms with van der Waals surface area (Å²) in [6, 6.07) is 6.84. The monoisotopic (exact) mass is 284 g/mol. The van der Waals surface area contributed by atoms with E-state index < -0.39 is 5.97 Å². The van der Waals surface area contributed by atoms with Gasteiger partial charge in [-0.1, -0.05) is 23.2 Å². The summed E-state index contributed by atoms with van der Waals surface area (Å²) in [5.41, 5.74) is 0. The second kappa shape index (κ2) is 5.04. The van der Waals surface area contributed by atoms with E-state index in [-0.39, 0.29) is 0 Å². The van der Waals surface area contributed by atoms with Crippen molar-refractivity contribution in [3.05, 3.63) is 34.3 Å². The first-order chi connectivity index (χ1) is 8.54. The molecule has 0 unspecified atom stereocenters. The number of ether oxygens (including phenoxy) is 2. The van der Waals surface area contributed by atoms with Gasteiger partial charge in [0.15, 0.2) is 0 Å². The number of carbonyl (C=O) groups is 1. The van der Waals surface area contributed by atoms with Crippen LogP contribution < -0.4 is 9.47 Å². The van der Waals surface area contributed by atoms with Crippen LogP contribution in [0.4, 0.5) is 0 Å². The van der Waals surface area contributed by atoms with Crippen molar-refractivity contribution in [2.45, 2.75) is 6.92 Å². The van der Waals surface area contributed by atoms with E-state index in [1.54, 1.807) is 31.4 Å². The first-order valence-electron chi connectivity index (χ1n) is 5.17. The average Bonchev–Trinajstić information content (AvgIpc) is 2.33. The van der Waals surface area contributed by atoms with Crippen molar-refractivity contribution in [3.8, 4) is 11.5 Å². The molecule has 0 radical (unpaired) electrons. The summed E-state index contributed by atoms with van der Waals surface area (Å²) in [7, 11) is 1.54. The predicted octanol–water partition coefficient (Wildman–Crippen LogP) is 4.08. The third kappa shape index (κ3) is 2.24. The smallest absolute Gasteiger partial charge is 0.308 e. The van der Waals surface area contributed by atoms with Crippen molar-refractivity contribution in [3.63, 3.8) is 0 Å². The molecular weight excluding hydrogens is 275 g/mol. The molecule has 3 nitrogen and oxygen atoms in total. The molecule has 0 N–H and O–H groups in total. The molecule has 0 aliphatic heterocycles. The molecule has 0 aliphatic carbocycles. The minimum Gasteiger partial charge on any atom is -0.495 e. The van der Waals surface area contributed by atoms with Crippen LogP contribution in [0.15, 0.2) is 24.3 Å². The van der Waals surface area contributed by atoms with Gasteiger partial charge in [-0.15, -0.1) is 0 Å². The molecule has 0 amide bonds. The van der Waals surface area contributed by atoms with Crippen molar-refractivity contribution in [1.82, 2.24) is 0 Å². The van der Waals surface area contributed by atoms with Crippen LogP contribution in [0.5, 0.6) is 11.5 Å². The maximum Gasteiger partial charge on any atom is 0.308 e. The van der Waals surface area contributed by atoms with Crippen molar-refractivity contribution < 1.29 is 14.3 Å². The molecule has 94 valence electrons. The van der Waals surface area contributed by atoms with Crippen LogP contribution in [0.3, 0.4) is 0 Å². The summed E-state index contributed by atoms with van der Waals surface area (Å²) in [5, 5.41) is 2.29. The Balaban J connectivity index is 2.65. The summed E-state index contributed by atoms with van der Waals surface area (Å²) in [6.07, 6.45) is 0.